The van der Waals surface area contributed by atoms with Gasteiger partial charge in [-0.1, -0.05) is 18.2 Å². The van der Waals surface area contributed by atoms with Crippen molar-refractivity contribution < 1.29 is 27.5 Å². The number of rotatable bonds is 6. The van der Waals surface area contributed by atoms with Crippen molar-refractivity contribution in [1.29, 1.82) is 0 Å². The molecule has 2 aliphatic rings. The van der Waals surface area contributed by atoms with E-state index >= 15 is 0 Å². The molecule has 1 aliphatic carbocycles. The van der Waals surface area contributed by atoms with Gasteiger partial charge in [0.1, 0.15) is 0 Å². The zero-order valence-electron chi connectivity index (χ0n) is 14.0. The third kappa shape index (κ3) is 3.42. The number of hydrogen-bond donors (Lipinski definition) is 1. The molecule has 0 aromatic heterocycles. The first-order valence-electron chi connectivity index (χ1n) is 8.21. The van der Waals surface area contributed by atoms with Gasteiger partial charge in [-0.25, -0.2) is 0 Å². The number of nitrogens with zero attached hydrogens (tertiary/aromatic N) is 2. The number of benzene rings is 1. The van der Waals surface area contributed by atoms with Crippen molar-refractivity contribution in [3.8, 4) is 0 Å². The van der Waals surface area contributed by atoms with Gasteiger partial charge in [0.25, 0.3) is 0 Å². The topological polar surface area (TPSA) is 80.1 Å². The third-order valence-electron chi connectivity index (χ3n) is 4.88. The molecule has 1 aromatic carbocycles. The summed E-state index contributed by atoms with van der Waals surface area (Å²) < 4.78 is 43.9. The zero-order chi connectivity index (χ0) is 18.9. The van der Waals surface area contributed by atoms with Crippen molar-refractivity contribution in [2.45, 2.75) is 37.6 Å². The largest absolute Gasteiger partial charge is 0.469 e. The predicted molar refractivity (Wildman–Crippen MR) is 83.7 cm³/mol. The molecule has 1 heterocycles. The summed E-state index contributed by atoms with van der Waals surface area (Å²) in [7, 11) is 1.32. The second kappa shape index (κ2) is 6.69. The minimum absolute atomic E-state index is 0.0497. The number of nitrogens with one attached hydrogen (secondary N) is 1. The van der Waals surface area contributed by atoms with Gasteiger partial charge in [-0.2, -0.15) is 13.2 Å². The van der Waals surface area contributed by atoms with Gasteiger partial charge >= 0.3 is 17.8 Å². The van der Waals surface area contributed by atoms with Crippen molar-refractivity contribution in [1.82, 2.24) is 5.32 Å². The minimum atomic E-state index is -4.58. The Labute approximate surface area is 147 Å². The van der Waals surface area contributed by atoms with E-state index in [0.29, 0.717) is 12.0 Å². The van der Waals surface area contributed by atoms with Gasteiger partial charge in [-0.3, -0.25) is 9.59 Å². The number of carbonyl (C=O) groups is 2. The van der Waals surface area contributed by atoms with Gasteiger partial charge in [-0.15, -0.1) is 10.2 Å². The van der Waals surface area contributed by atoms with Crippen LogP contribution in [0.15, 0.2) is 34.5 Å². The Morgan fingerprint density at radius 1 is 1.31 bits per heavy atom. The maximum atomic E-state index is 13.1. The highest BCUT2D eigenvalue weighted by molar-refractivity contribution is 5.79. The first-order valence-corrected chi connectivity index (χ1v) is 8.21. The maximum Gasteiger partial charge on any atom is 0.442 e. The molecule has 1 aliphatic heterocycles. The van der Waals surface area contributed by atoms with Crippen LogP contribution >= 0.6 is 0 Å². The predicted octanol–water partition coefficient (Wildman–Crippen LogP) is 3.07. The molecule has 0 unspecified atom stereocenters. The van der Waals surface area contributed by atoms with Crippen LogP contribution in [0.4, 0.5) is 13.2 Å². The second-order valence-corrected chi connectivity index (χ2v) is 6.52. The summed E-state index contributed by atoms with van der Waals surface area (Å²) in [4.78, 5) is 23.6. The van der Waals surface area contributed by atoms with Crippen LogP contribution in [0.5, 0.6) is 0 Å². The molecule has 1 amide bonds. The average molecular weight is 369 g/mol. The van der Waals surface area contributed by atoms with Gasteiger partial charge in [0.05, 0.1) is 13.0 Å². The van der Waals surface area contributed by atoms with Gasteiger partial charge in [0.2, 0.25) is 5.91 Å². The lowest BCUT2D eigenvalue weighted by atomic mass is 9.72. The van der Waals surface area contributed by atoms with E-state index in [9.17, 15) is 22.8 Å². The molecular formula is C17H18F3N3O3. The highest BCUT2D eigenvalue weighted by Crippen LogP contribution is 2.52. The van der Waals surface area contributed by atoms with E-state index in [4.69, 9.17) is 4.74 Å². The molecule has 6 nitrogen and oxygen atoms in total. The number of methoxy groups -OCH3 is 1. The number of ether oxygens (including phenoxy) is 1. The summed E-state index contributed by atoms with van der Waals surface area (Å²) >= 11 is 0. The first kappa shape index (κ1) is 18.3. The van der Waals surface area contributed by atoms with Gasteiger partial charge in [0.15, 0.2) is 0 Å². The summed E-state index contributed by atoms with van der Waals surface area (Å²) in [6.45, 7) is 0.0935. The molecule has 0 spiro atoms. The van der Waals surface area contributed by atoms with Crippen LogP contribution in [-0.4, -0.2) is 25.2 Å². The van der Waals surface area contributed by atoms with E-state index in [2.05, 4.69) is 15.5 Å². The van der Waals surface area contributed by atoms with Crippen LogP contribution in [0, 0.1) is 11.8 Å². The molecule has 1 saturated carbocycles. The Bertz CT molecular complexity index is 742. The Kier molecular flexibility index (Phi) is 4.72. The fourth-order valence-corrected chi connectivity index (χ4v) is 3.13. The van der Waals surface area contributed by atoms with Crippen LogP contribution in [0.25, 0.3) is 0 Å². The number of amides is 1. The molecule has 0 radical (unpaired) electrons. The number of halogens is 3. The molecule has 140 valence electrons. The van der Waals surface area contributed by atoms with Gasteiger partial charge in [0, 0.05) is 18.5 Å². The highest BCUT2D eigenvalue weighted by Gasteiger charge is 2.65. The van der Waals surface area contributed by atoms with Crippen molar-refractivity contribution in [2.24, 2.45) is 22.1 Å². The van der Waals surface area contributed by atoms with Crippen LogP contribution in [0.2, 0.25) is 0 Å². The Morgan fingerprint density at radius 2 is 2.04 bits per heavy atom. The first-order chi connectivity index (χ1) is 12.3. The number of carbonyl (C=O) groups excluding carboxylic acids is 2. The quantitative estimate of drug-likeness (QED) is 0.783. The number of esters is 1. The van der Waals surface area contributed by atoms with Crippen molar-refractivity contribution in [3.05, 3.63) is 35.4 Å². The highest BCUT2D eigenvalue weighted by atomic mass is 19.4. The smallest absolute Gasteiger partial charge is 0.442 e. The maximum absolute atomic E-state index is 13.1. The zero-order valence-corrected chi connectivity index (χ0v) is 14.0. The van der Waals surface area contributed by atoms with E-state index in [1.54, 1.807) is 6.07 Å². The molecule has 0 bridgehead atoms. The molecule has 2 atom stereocenters. The minimum Gasteiger partial charge on any atom is -0.469 e. The normalized spacial score (nSPS) is 23.1. The molecule has 1 aromatic rings. The molecule has 1 fully saturated rings. The van der Waals surface area contributed by atoms with Crippen molar-refractivity contribution >= 4 is 11.9 Å². The standard InChI is InChI=1S/C17H18F3N3O3/c1-26-15(25)13-6-5-11(13)8-14(24)21-9-10-3-2-4-12(7-10)16(22-23-16)17(18,19)20/h2-4,7,11,13H,5-6,8-9H2,1H3,(H,21,24)/t11-,13+/m0/s1. The van der Waals surface area contributed by atoms with Crippen LogP contribution in [-0.2, 0) is 26.5 Å². The summed E-state index contributed by atoms with van der Waals surface area (Å²) in [5.74, 6) is -0.860. The Hall–Kier alpha value is -2.45. The summed E-state index contributed by atoms with van der Waals surface area (Å²) in [6.07, 6.45) is -2.91. The van der Waals surface area contributed by atoms with Gasteiger partial charge in [-0.05, 0) is 30.4 Å². The average Bonchev–Trinajstić information content (AvgIpc) is 3.39. The van der Waals surface area contributed by atoms with E-state index in [1.807, 2.05) is 0 Å². The third-order valence-corrected chi connectivity index (χ3v) is 4.88. The van der Waals surface area contributed by atoms with E-state index < -0.39 is 11.8 Å². The van der Waals surface area contributed by atoms with Crippen LogP contribution in [0.1, 0.15) is 30.4 Å². The number of hydrogen-bond acceptors (Lipinski definition) is 5. The molecule has 26 heavy (non-hydrogen) atoms. The fraction of sp³-hybridized carbons (Fsp3) is 0.529. The van der Waals surface area contributed by atoms with E-state index in [-0.39, 0.29) is 42.2 Å². The number of alkyl halides is 3. The molecule has 0 saturated heterocycles. The van der Waals surface area contributed by atoms with Crippen LogP contribution in [0.3, 0.4) is 0 Å². The molecule has 9 heteroatoms. The fourth-order valence-electron chi connectivity index (χ4n) is 3.13. The Morgan fingerprint density at radius 3 is 2.58 bits per heavy atom. The second-order valence-electron chi connectivity index (χ2n) is 6.52. The van der Waals surface area contributed by atoms with Crippen LogP contribution < -0.4 is 5.32 Å². The van der Waals surface area contributed by atoms with E-state index in [1.165, 1.54) is 25.3 Å². The van der Waals surface area contributed by atoms with Crippen molar-refractivity contribution in [3.63, 3.8) is 0 Å². The SMILES string of the molecule is COC(=O)[C@@H]1CC[C@H]1CC(=O)NCc1cccc(C2(C(F)(F)F)N=N2)c1. The Balaban J connectivity index is 1.55. The lowest BCUT2D eigenvalue weighted by molar-refractivity contribution is -0.166. The summed E-state index contributed by atoms with van der Waals surface area (Å²) in [6, 6.07) is 5.76. The lowest BCUT2D eigenvalue weighted by Gasteiger charge is -2.33. The molecule has 3 rings (SSSR count). The summed E-state index contributed by atoms with van der Waals surface area (Å²) in [5.41, 5.74) is -2.01. The van der Waals surface area contributed by atoms with E-state index in [0.717, 1.165) is 6.42 Å². The summed E-state index contributed by atoms with van der Waals surface area (Å²) in [5, 5.41) is 9.02. The van der Waals surface area contributed by atoms with Gasteiger partial charge < -0.3 is 10.1 Å². The monoisotopic (exact) mass is 369 g/mol. The lowest BCUT2D eigenvalue weighted by Crippen LogP contribution is -2.37. The van der Waals surface area contributed by atoms with Crippen molar-refractivity contribution in [2.75, 3.05) is 7.11 Å². The molecule has 1 N–H and O–H groups in total. The molecular weight excluding hydrogens is 351 g/mol.